The number of benzene rings is 2. The molecule has 0 bridgehead atoms. The molecule has 2 aromatic rings. The molecule has 3 nitrogen and oxygen atoms in total. The van der Waals surface area contributed by atoms with Crippen LogP contribution < -0.4 is 4.18 Å². The average Bonchev–Trinajstić information content (AvgIpc) is 2.32. The third-order valence-electron chi connectivity index (χ3n) is 2.21. The Balaban J connectivity index is 2.46. The second-order valence-corrected chi connectivity index (χ2v) is 3.89. The number of hydrogen-bond donors (Lipinski definition) is 1. The van der Waals surface area contributed by atoms with E-state index >= 15 is 0 Å². The minimum atomic E-state index is -2.53. The molecule has 0 amide bonds. The lowest BCUT2D eigenvalue weighted by Crippen LogP contribution is -2.00. The molecule has 5 heteroatoms. The Bertz CT molecular complexity index is 543. The summed E-state index contributed by atoms with van der Waals surface area (Å²) in [6.07, 6.45) is 0. The molecule has 0 fully saturated rings. The van der Waals surface area contributed by atoms with Gasteiger partial charge in [-0.3, -0.25) is 4.55 Å². The van der Waals surface area contributed by atoms with Gasteiger partial charge in [-0.05, 0) is 11.6 Å². The van der Waals surface area contributed by atoms with Crippen molar-refractivity contribution in [2.24, 2.45) is 0 Å². The highest BCUT2D eigenvalue weighted by atomic mass is 32.2. The minimum absolute atomic E-state index is 0.243. The summed E-state index contributed by atoms with van der Waals surface area (Å²) in [4.78, 5) is 0. The number of rotatable bonds is 3. The Labute approximate surface area is 100 Å². The Morgan fingerprint density at radius 1 is 1.06 bits per heavy atom. The molecular formula is C12H9FO3S. The lowest BCUT2D eigenvalue weighted by molar-refractivity contribution is 0.440. The molecule has 0 heterocycles. The molecule has 2 rings (SSSR count). The highest BCUT2D eigenvalue weighted by Gasteiger charge is 2.12. The minimum Gasteiger partial charge on any atom is -0.377 e. The maximum atomic E-state index is 13.9. The Morgan fingerprint density at radius 3 is 2.41 bits per heavy atom. The van der Waals surface area contributed by atoms with Crippen molar-refractivity contribution in [3.63, 3.8) is 0 Å². The fourth-order valence-corrected chi connectivity index (χ4v) is 1.77. The smallest absolute Gasteiger partial charge is 0.357 e. The van der Waals surface area contributed by atoms with E-state index in [1.165, 1.54) is 6.07 Å². The molecule has 2 aromatic carbocycles. The van der Waals surface area contributed by atoms with E-state index in [1.54, 1.807) is 36.4 Å². The van der Waals surface area contributed by atoms with Crippen molar-refractivity contribution in [3.05, 3.63) is 54.3 Å². The molecule has 0 radical (unpaired) electrons. The van der Waals surface area contributed by atoms with Gasteiger partial charge in [-0.15, -0.1) is 0 Å². The maximum absolute atomic E-state index is 13.9. The zero-order chi connectivity index (χ0) is 12.3. The normalized spacial score (nSPS) is 12.1. The maximum Gasteiger partial charge on any atom is 0.357 e. The van der Waals surface area contributed by atoms with Crippen LogP contribution in [0.15, 0.2) is 48.5 Å². The van der Waals surface area contributed by atoms with Crippen LogP contribution in [0.4, 0.5) is 4.39 Å². The van der Waals surface area contributed by atoms with Crippen LogP contribution >= 0.6 is 0 Å². The van der Waals surface area contributed by atoms with Gasteiger partial charge in [0.2, 0.25) is 0 Å². The predicted molar refractivity (Wildman–Crippen MR) is 63.2 cm³/mol. The Kier molecular flexibility index (Phi) is 3.51. The molecule has 1 unspecified atom stereocenters. The van der Waals surface area contributed by atoms with Gasteiger partial charge in [0.1, 0.15) is 0 Å². The quantitative estimate of drug-likeness (QED) is 0.854. The van der Waals surface area contributed by atoms with Crippen LogP contribution in [0.5, 0.6) is 5.75 Å². The van der Waals surface area contributed by atoms with E-state index in [9.17, 15) is 8.60 Å². The summed E-state index contributed by atoms with van der Waals surface area (Å²) in [7, 11) is 0. The van der Waals surface area contributed by atoms with Gasteiger partial charge < -0.3 is 4.18 Å². The summed E-state index contributed by atoms with van der Waals surface area (Å²) in [5, 5.41) is 0. The monoisotopic (exact) mass is 252 g/mol. The zero-order valence-electron chi connectivity index (χ0n) is 8.67. The fraction of sp³-hybridized carbons (Fsp3) is 0. The highest BCUT2D eigenvalue weighted by molar-refractivity contribution is 7.74. The van der Waals surface area contributed by atoms with Crippen molar-refractivity contribution in [2.45, 2.75) is 0 Å². The lowest BCUT2D eigenvalue weighted by Gasteiger charge is -2.07. The van der Waals surface area contributed by atoms with Crippen LogP contribution in [0.25, 0.3) is 11.1 Å². The van der Waals surface area contributed by atoms with Crippen LogP contribution in [0, 0.1) is 5.82 Å². The molecule has 0 saturated carbocycles. The first kappa shape index (κ1) is 11.8. The van der Waals surface area contributed by atoms with Gasteiger partial charge in [0.25, 0.3) is 0 Å². The summed E-state index contributed by atoms with van der Waals surface area (Å²) in [5.41, 5.74) is 1.01. The predicted octanol–water partition coefficient (Wildman–Crippen LogP) is 3.01. The average molecular weight is 252 g/mol. The molecule has 0 aliphatic heterocycles. The molecule has 1 atom stereocenters. The molecule has 0 saturated heterocycles. The third-order valence-corrected chi connectivity index (χ3v) is 2.53. The largest absolute Gasteiger partial charge is 0.377 e. The van der Waals surface area contributed by atoms with Crippen molar-refractivity contribution in [1.82, 2.24) is 0 Å². The highest BCUT2D eigenvalue weighted by Crippen LogP contribution is 2.29. The Morgan fingerprint density at radius 2 is 1.76 bits per heavy atom. The van der Waals surface area contributed by atoms with E-state index in [0.717, 1.165) is 0 Å². The van der Waals surface area contributed by atoms with E-state index in [4.69, 9.17) is 4.55 Å². The molecule has 1 N–H and O–H groups in total. The van der Waals surface area contributed by atoms with Gasteiger partial charge in [-0.1, -0.05) is 42.5 Å². The lowest BCUT2D eigenvalue weighted by atomic mass is 10.1. The molecule has 0 aliphatic rings. The number of hydrogen-bond acceptors (Lipinski definition) is 2. The first-order valence-electron chi connectivity index (χ1n) is 4.81. The Hall–Kier alpha value is -1.72. The zero-order valence-corrected chi connectivity index (χ0v) is 9.49. The van der Waals surface area contributed by atoms with E-state index in [0.29, 0.717) is 11.1 Å². The second-order valence-electron chi connectivity index (χ2n) is 3.28. The van der Waals surface area contributed by atoms with Crippen molar-refractivity contribution >= 4 is 11.4 Å². The van der Waals surface area contributed by atoms with Crippen molar-refractivity contribution < 1.29 is 17.3 Å². The summed E-state index contributed by atoms with van der Waals surface area (Å²) < 4.78 is 37.5. The number of halogens is 1. The molecule has 88 valence electrons. The summed E-state index contributed by atoms with van der Waals surface area (Å²) in [6, 6.07) is 13.3. The standard InChI is InChI=1S/C12H9FO3S/c13-12-10(9-5-2-1-3-6-9)7-4-8-11(12)16-17(14)15/h1-8H,(H,14,15). The fourth-order valence-electron chi connectivity index (χ4n) is 1.49. The first-order valence-corrected chi connectivity index (χ1v) is 5.85. The van der Waals surface area contributed by atoms with Crippen molar-refractivity contribution in [3.8, 4) is 16.9 Å². The van der Waals surface area contributed by atoms with Crippen LogP contribution in [0.3, 0.4) is 0 Å². The van der Waals surface area contributed by atoms with Crippen molar-refractivity contribution in [2.75, 3.05) is 0 Å². The van der Waals surface area contributed by atoms with Crippen LogP contribution in [-0.4, -0.2) is 8.76 Å². The van der Waals surface area contributed by atoms with Crippen molar-refractivity contribution in [1.29, 1.82) is 0 Å². The van der Waals surface area contributed by atoms with E-state index in [2.05, 4.69) is 4.18 Å². The summed E-state index contributed by atoms with van der Waals surface area (Å²) in [5.74, 6) is -0.895. The molecule has 17 heavy (non-hydrogen) atoms. The van der Waals surface area contributed by atoms with Crippen LogP contribution in [-0.2, 0) is 11.4 Å². The summed E-state index contributed by atoms with van der Waals surface area (Å²) >= 11 is -2.53. The molecule has 0 aromatic heterocycles. The summed E-state index contributed by atoms with van der Waals surface area (Å²) in [6.45, 7) is 0. The van der Waals surface area contributed by atoms with Gasteiger partial charge in [0, 0.05) is 5.56 Å². The second kappa shape index (κ2) is 5.07. The van der Waals surface area contributed by atoms with E-state index < -0.39 is 17.2 Å². The van der Waals surface area contributed by atoms with Gasteiger partial charge >= 0.3 is 11.4 Å². The first-order chi connectivity index (χ1) is 8.18. The molecular weight excluding hydrogens is 243 g/mol. The van der Waals surface area contributed by atoms with E-state index in [-0.39, 0.29) is 5.75 Å². The molecule has 0 spiro atoms. The topological polar surface area (TPSA) is 46.5 Å². The SMILES string of the molecule is O=S(O)Oc1cccc(-c2ccccc2)c1F. The van der Waals surface area contributed by atoms with Gasteiger partial charge in [0.05, 0.1) is 0 Å². The van der Waals surface area contributed by atoms with Gasteiger partial charge in [-0.2, -0.15) is 4.21 Å². The third kappa shape index (κ3) is 2.69. The van der Waals surface area contributed by atoms with Gasteiger partial charge in [-0.25, -0.2) is 4.39 Å². The van der Waals surface area contributed by atoms with Crippen LogP contribution in [0.2, 0.25) is 0 Å². The molecule has 0 aliphatic carbocycles. The van der Waals surface area contributed by atoms with Gasteiger partial charge in [0.15, 0.2) is 11.6 Å². The van der Waals surface area contributed by atoms with Crippen LogP contribution in [0.1, 0.15) is 0 Å². The van der Waals surface area contributed by atoms with E-state index in [1.807, 2.05) is 6.07 Å².